The number of aryl methyl sites for hydroxylation is 3. The van der Waals surface area contributed by atoms with Crippen LogP contribution < -0.4 is 11.3 Å². The summed E-state index contributed by atoms with van der Waals surface area (Å²) in [5.41, 5.74) is 6.96. The molecule has 0 saturated carbocycles. The molecule has 2 aromatic rings. The maximum absolute atomic E-state index is 5.68. The monoisotopic (exact) mass is 260 g/mol. The molecule has 96 valence electrons. The molecule has 0 aliphatic heterocycles. The molecule has 1 atom stereocenters. The summed E-state index contributed by atoms with van der Waals surface area (Å²) in [4.78, 5) is 1.35. The first-order chi connectivity index (χ1) is 8.70. The van der Waals surface area contributed by atoms with Gasteiger partial charge in [0.2, 0.25) is 0 Å². The van der Waals surface area contributed by atoms with Gasteiger partial charge >= 0.3 is 0 Å². The lowest BCUT2D eigenvalue weighted by Crippen LogP contribution is -2.28. The first kappa shape index (κ1) is 13.3. The Morgan fingerprint density at radius 1 is 1.28 bits per heavy atom. The molecule has 3 heteroatoms. The van der Waals surface area contributed by atoms with Crippen molar-refractivity contribution in [1.29, 1.82) is 0 Å². The summed E-state index contributed by atoms with van der Waals surface area (Å²) in [6, 6.07) is 11.1. The van der Waals surface area contributed by atoms with Crippen LogP contribution in [-0.2, 0) is 6.42 Å². The molecular weight excluding hydrogens is 240 g/mol. The van der Waals surface area contributed by atoms with E-state index in [9.17, 15) is 0 Å². The lowest BCUT2D eigenvalue weighted by molar-refractivity contribution is 0.522. The lowest BCUT2D eigenvalue weighted by Gasteiger charge is -2.15. The summed E-state index contributed by atoms with van der Waals surface area (Å²) in [6.07, 6.45) is 2.08. The topological polar surface area (TPSA) is 38.0 Å². The highest BCUT2D eigenvalue weighted by Crippen LogP contribution is 2.26. The van der Waals surface area contributed by atoms with Crippen molar-refractivity contribution in [2.24, 2.45) is 5.84 Å². The van der Waals surface area contributed by atoms with Gasteiger partial charge in [0.05, 0.1) is 6.04 Å². The van der Waals surface area contributed by atoms with E-state index in [1.54, 1.807) is 11.3 Å². The quantitative estimate of drug-likeness (QED) is 0.638. The molecule has 18 heavy (non-hydrogen) atoms. The van der Waals surface area contributed by atoms with Crippen LogP contribution in [0.3, 0.4) is 0 Å². The molecule has 0 amide bonds. The molecule has 3 N–H and O–H groups in total. The van der Waals surface area contributed by atoms with Gasteiger partial charge in [0.1, 0.15) is 0 Å². The molecular formula is C15H20N2S. The van der Waals surface area contributed by atoms with Crippen LogP contribution in [0.4, 0.5) is 0 Å². The number of rotatable bonds is 5. The van der Waals surface area contributed by atoms with Crippen molar-refractivity contribution in [2.45, 2.75) is 32.7 Å². The Labute approximate surface area is 113 Å². The number of thiophene rings is 1. The van der Waals surface area contributed by atoms with Crippen LogP contribution >= 0.6 is 11.3 Å². The van der Waals surface area contributed by atoms with Gasteiger partial charge in [0.25, 0.3) is 0 Å². The van der Waals surface area contributed by atoms with E-state index in [1.807, 2.05) is 0 Å². The van der Waals surface area contributed by atoms with Crippen molar-refractivity contribution in [3.8, 4) is 0 Å². The second kappa shape index (κ2) is 6.14. The highest BCUT2D eigenvalue weighted by Gasteiger charge is 2.13. The minimum absolute atomic E-state index is 0.255. The Morgan fingerprint density at radius 2 is 2.11 bits per heavy atom. The number of hydrogen-bond acceptors (Lipinski definition) is 3. The zero-order chi connectivity index (χ0) is 13.0. The number of hydrogen-bond donors (Lipinski definition) is 2. The van der Waals surface area contributed by atoms with Crippen LogP contribution in [0.5, 0.6) is 0 Å². The van der Waals surface area contributed by atoms with E-state index in [1.165, 1.54) is 21.6 Å². The molecule has 0 radical (unpaired) electrons. The third-order valence-electron chi connectivity index (χ3n) is 3.22. The first-order valence-corrected chi connectivity index (χ1v) is 7.14. The van der Waals surface area contributed by atoms with Gasteiger partial charge in [0, 0.05) is 4.88 Å². The summed E-state index contributed by atoms with van der Waals surface area (Å²) in [5.74, 6) is 5.68. The molecule has 1 heterocycles. The Kier molecular flexibility index (Phi) is 4.53. The Hall–Kier alpha value is -1.16. The minimum atomic E-state index is 0.255. The van der Waals surface area contributed by atoms with Crippen LogP contribution in [0.25, 0.3) is 0 Å². The fourth-order valence-corrected chi connectivity index (χ4v) is 3.23. The lowest BCUT2D eigenvalue weighted by atomic mass is 10.0. The van der Waals surface area contributed by atoms with Crippen molar-refractivity contribution < 1.29 is 0 Å². The van der Waals surface area contributed by atoms with Crippen LogP contribution in [0.15, 0.2) is 35.7 Å². The molecule has 2 nitrogen and oxygen atoms in total. The summed E-state index contributed by atoms with van der Waals surface area (Å²) < 4.78 is 0. The van der Waals surface area contributed by atoms with Gasteiger partial charge < -0.3 is 0 Å². The zero-order valence-corrected chi connectivity index (χ0v) is 11.8. The first-order valence-electron chi connectivity index (χ1n) is 6.26. The number of nitrogens with two attached hydrogens (primary N) is 1. The maximum Gasteiger partial charge on any atom is 0.0559 e. The molecule has 1 unspecified atom stereocenters. The second-order valence-corrected chi connectivity index (χ2v) is 5.66. The van der Waals surface area contributed by atoms with E-state index in [0.717, 1.165) is 12.8 Å². The van der Waals surface area contributed by atoms with Crippen molar-refractivity contribution in [1.82, 2.24) is 5.43 Å². The van der Waals surface area contributed by atoms with Crippen molar-refractivity contribution in [3.63, 3.8) is 0 Å². The largest absolute Gasteiger partial charge is 0.271 e. The van der Waals surface area contributed by atoms with Gasteiger partial charge in [-0.3, -0.25) is 11.3 Å². The van der Waals surface area contributed by atoms with Gasteiger partial charge in [-0.1, -0.05) is 29.8 Å². The zero-order valence-electron chi connectivity index (χ0n) is 10.9. The molecule has 0 aliphatic carbocycles. The third-order valence-corrected chi connectivity index (χ3v) is 4.36. The van der Waals surface area contributed by atoms with E-state index < -0.39 is 0 Å². The predicted octanol–water partition coefficient (Wildman–Crippen LogP) is 3.50. The number of benzene rings is 1. The van der Waals surface area contributed by atoms with E-state index >= 15 is 0 Å². The minimum Gasteiger partial charge on any atom is -0.271 e. The van der Waals surface area contributed by atoms with E-state index in [-0.39, 0.29) is 6.04 Å². The summed E-state index contributed by atoms with van der Waals surface area (Å²) in [5, 5.41) is 2.13. The number of nitrogens with one attached hydrogen (secondary N) is 1. The number of hydrazine groups is 1. The van der Waals surface area contributed by atoms with Crippen LogP contribution in [0, 0.1) is 13.8 Å². The molecule has 0 aliphatic rings. The Bertz CT molecular complexity index is 505. The fraction of sp³-hybridized carbons (Fsp3) is 0.333. The van der Waals surface area contributed by atoms with E-state index in [2.05, 4.69) is 55.0 Å². The molecule has 1 aromatic carbocycles. The molecule has 0 saturated heterocycles. The van der Waals surface area contributed by atoms with Gasteiger partial charge in [-0.2, -0.15) is 0 Å². The van der Waals surface area contributed by atoms with Crippen molar-refractivity contribution in [3.05, 3.63) is 57.3 Å². The second-order valence-electron chi connectivity index (χ2n) is 4.71. The van der Waals surface area contributed by atoms with Crippen molar-refractivity contribution >= 4 is 11.3 Å². The average molecular weight is 260 g/mol. The molecule has 0 spiro atoms. The molecule has 2 rings (SSSR count). The molecule has 0 bridgehead atoms. The Morgan fingerprint density at radius 3 is 2.72 bits per heavy atom. The maximum atomic E-state index is 5.68. The van der Waals surface area contributed by atoms with E-state index in [0.29, 0.717) is 0 Å². The SMILES string of the molecule is Cc1cccc(CCC(NN)c2sccc2C)c1. The van der Waals surface area contributed by atoms with E-state index in [4.69, 9.17) is 5.84 Å². The highest BCUT2D eigenvalue weighted by atomic mass is 32.1. The third kappa shape index (κ3) is 3.19. The van der Waals surface area contributed by atoms with Gasteiger partial charge in [0.15, 0.2) is 0 Å². The van der Waals surface area contributed by atoms with Crippen molar-refractivity contribution in [2.75, 3.05) is 0 Å². The molecule has 0 fully saturated rings. The summed E-state index contributed by atoms with van der Waals surface area (Å²) in [6.45, 7) is 4.27. The van der Waals surface area contributed by atoms with Crippen LogP contribution in [-0.4, -0.2) is 0 Å². The smallest absolute Gasteiger partial charge is 0.0559 e. The predicted molar refractivity (Wildman–Crippen MR) is 78.6 cm³/mol. The van der Waals surface area contributed by atoms with Crippen LogP contribution in [0.1, 0.15) is 34.0 Å². The summed E-state index contributed by atoms with van der Waals surface area (Å²) in [7, 11) is 0. The Balaban J connectivity index is 2.02. The van der Waals surface area contributed by atoms with Gasteiger partial charge in [-0.05, 0) is 49.3 Å². The van der Waals surface area contributed by atoms with Crippen LogP contribution in [0.2, 0.25) is 0 Å². The summed E-state index contributed by atoms with van der Waals surface area (Å²) >= 11 is 1.78. The highest BCUT2D eigenvalue weighted by molar-refractivity contribution is 7.10. The fourth-order valence-electron chi connectivity index (χ4n) is 2.21. The molecule has 1 aromatic heterocycles. The standard InChI is InChI=1S/C15H20N2S/c1-11-4-3-5-13(10-11)6-7-14(17-16)15-12(2)8-9-18-15/h3-5,8-10,14,17H,6-7,16H2,1-2H3. The van der Waals surface area contributed by atoms with Gasteiger partial charge in [-0.15, -0.1) is 11.3 Å². The normalized spacial score (nSPS) is 12.6. The van der Waals surface area contributed by atoms with Gasteiger partial charge in [-0.25, -0.2) is 0 Å². The average Bonchev–Trinajstić information content (AvgIpc) is 2.77.